The summed E-state index contributed by atoms with van der Waals surface area (Å²) in [6.45, 7) is 0.420. The molecular weight excluding hydrogens is 284 g/mol. The van der Waals surface area contributed by atoms with E-state index in [1.54, 1.807) is 6.07 Å². The van der Waals surface area contributed by atoms with Crippen molar-refractivity contribution in [3.05, 3.63) is 65.7 Å². The first-order chi connectivity index (χ1) is 10.2. The summed E-state index contributed by atoms with van der Waals surface area (Å²) in [4.78, 5) is 11.9. The number of carbonyl (C=O) groups is 1. The van der Waals surface area contributed by atoms with Crippen molar-refractivity contribution in [1.82, 2.24) is 0 Å². The average molecular weight is 302 g/mol. The van der Waals surface area contributed by atoms with Crippen LogP contribution in [0.2, 0.25) is 0 Å². The lowest BCUT2D eigenvalue weighted by Gasteiger charge is -2.07. The van der Waals surface area contributed by atoms with Gasteiger partial charge in [-0.1, -0.05) is 42.5 Å². The second-order valence-electron chi connectivity index (χ2n) is 4.67. The number of amides is 1. The number of anilines is 1. The van der Waals surface area contributed by atoms with E-state index in [-0.39, 0.29) is 11.7 Å². The highest BCUT2D eigenvalue weighted by Gasteiger charge is 2.09. The van der Waals surface area contributed by atoms with E-state index in [1.807, 2.05) is 48.5 Å². The first kappa shape index (κ1) is 15.4. The zero-order chi connectivity index (χ0) is 15.1. The number of hydrogen-bond acceptors (Lipinski definition) is 3. The molecule has 2 rings (SSSR count). The van der Waals surface area contributed by atoms with Crippen LogP contribution in [0.4, 0.5) is 5.69 Å². The fourth-order valence-electron chi connectivity index (χ4n) is 1.93. The van der Waals surface area contributed by atoms with Gasteiger partial charge in [0.05, 0.1) is 0 Å². The van der Waals surface area contributed by atoms with Crippen molar-refractivity contribution in [1.29, 1.82) is 0 Å². The molecule has 4 nitrogen and oxygen atoms in total. The Balaban J connectivity index is 1.87. The molecule has 0 fully saturated rings. The van der Waals surface area contributed by atoms with Crippen LogP contribution >= 0.6 is 0 Å². The van der Waals surface area contributed by atoms with Crippen LogP contribution in [-0.4, -0.2) is 15.9 Å². The summed E-state index contributed by atoms with van der Waals surface area (Å²) in [5.41, 5.74) is 8.14. The van der Waals surface area contributed by atoms with Gasteiger partial charge in [-0.2, -0.15) is 0 Å². The topological polar surface area (TPSA) is 72.2 Å². The van der Waals surface area contributed by atoms with E-state index < -0.39 is 10.8 Å². The molecule has 0 radical (unpaired) electrons. The van der Waals surface area contributed by atoms with Gasteiger partial charge in [0.2, 0.25) is 5.91 Å². The van der Waals surface area contributed by atoms with Gasteiger partial charge >= 0.3 is 0 Å². The Labute approximate surface area is 126 Å². The molecule has 1 amide bonds. The van der Waals surface area contributed by atoms with E-state index in [1.165, 1.54) is 0 Å². The third kappa shape index (κ3) is 5.13. The largest absolute Gasteiger partial charge is 0.326 e. The average Bonchev–Trinajstić information content (AvgIpc) is 2.48. The van der Waals surface area contributed by atoms with Gasteiger partial charge in [-0.25, -0.2) is 0 Å². The Morgan fingerprint density at radius 2 is 1.76 bits per heavy atom. The summed E-state index contributed by atoms with van der Waals surface area (Å²) in [5.74, 6) is 0.122. The van der Waals surface area contributed by atoms with E-state index in [2.05, 4.69) is 5.32 Å². The van der Waals surface area contributed by atoms with Crippen molar-refractivity contribution < 1.29 is 9.00 Å². The van der Waals surface area contributed by atoms with Gasteiger partial charge < -0.3 is 11.1 Å². The maximum Gasteiger partial charge on any atom is 0.237 e. The smallest absolute Gasteiger partial charge is 0.237 e. The lowest BCUT2D eigenvalue weighted by molar-refractivity contribution is -0.113. The van der Waals surface area contributed by atoms with Crippen LogP contribution in [0.15, 0.2) is 54.6 Å². The molecule has 2 aromatic carbocycles. The highest BCUT2D eigenvalue weighted by Crippen LogP contribution is 2.10. The van der Waals surface area contributed by atoms with Gasteiger partial charge in [-0.15, -0.1) is 0 Å². The highest BCUT2D eigenvalue weighted by molar-refractivity contribution is 7.84. The van der Waals surface area contributed by atoms with Gasteiger partial charge in [0.15, 0.2) is 0 Å². The summed E-state index contributed by atoms with van der Waals surface area (Å²) in [6.07, 6.45) is 0. The molecule has 0 saturated heterocycles. The highest BCUT2D eigenvalue weighted by atomic mass is 32.2. The van der Waals surface area contributed by atoms with E-state index in [4.69, 9.17) is 5.73 Å². The van der Waals surface area contributed by atoms with Crippen molar-refractivity contribution in [2.75, 3.05) is 11.1 Å². The molecule has 0 spiro atoms. The predicted molar refractivity (Wildman–Crippen MR) is 86.1 cm³/mol. The van der Waals surface area contributed by atoms with Gasteiger partial charge in [-0.05, 0) is 23.3 Å². The van der Waals surface area contributed by atoms with Crippen LogP contribution < -0.4 is 11.1 Å². The minimum Gasteiger partial charge on any atom is -0.326 e. The molecule has 0 heterocycles. The van der Waals surface area contributed by atoms with E-state index >= 15 is 0 Å². The summed E-state index contributed by atoms with van der Waals surface area (Å²) in [7, 11) is -1.22. The maximum absolute atomic E-state index is 12.0. The molecule has 5 heteroatoms. The number of rotatable bonds is 6. The Kier molecular flexibility index (Phi) is 5.66. The van der Waals surface area contributed by atoms with Crippen molar-refractivity contribution in [3.8, 4) is 0 Å². The normalized spacial score (nSPS) is 11.9. The third-order valence-electron chi connectivity index (χ3n) is 2.91. The standard InChI is InChI=1S/C16H18N2O2S/c17-10-14-7-4-8-15(9-14)18-16(19)12-21(20)11-13-5-2-1-3-6-13/h1-9H,10-12,17H2,(H,18,19). The summed E-state index contributed by atoms with van der Waals surface area (Å²) in [6, 6.07) is 16.8. The number of nitrogens with two attached hydrogens (primary N) is 1. The second kappa shape index (κ2) is 7.71. The minimum atomic E-state index is -1.22. The SMILES string of the molecule is NCc1cccc(NC(=O)CS(=O)Cc2ccccc2)c1. The number of carbonyl (C=O) groups excluding carboxylic acids is 1. The fourth-order valence-corrected chi connectivity index (χ4v) is 2.96. The zero-order valence-corrected chi connectivity index (χ0v) is 12.4. The van der Waals surface area contributed by atoms with Crippen LogP contribution in [0.3, 0.4) is 0 Å². The number of nitrogens with one attached hydrogen (secondary N) is 1. The zero-order valence-electron chi connectivity index (χ0n) is 11.6. The Bertz CT molecular complexity index is 629. The van der Waals surface area contributed by atoms with Gasteiger partial charge in [0.25, 0.3) is 0 Å². The Hall–Kier alpha value is -1.98. The van der Waals surface area contributed by atoms with Crippen LogP contribution in [0, 0.1) is 0 Å². The van der Waals surface area contributed by atoms with E-state index in [9.17, 15) is 9.00 Å². The minimum absolute atomic E-state index is 0.0122. The molecule has 0 bridgehead atoms. The molecule has 0 aliphatic heterocycles. The van der Waals surface area contributed by atoms with Crippen LogP contribution in [0.5, 0.6) is 0 Å². The number of benzene rings is 2. The van der Waals surface area contributed by atoms with E-state index in [0.29, 0.717) is 18.0 Å². The summed E-state index contributed by atoms with van der Waals surface area (Å²) >= 11 is 0. The lowest BCUT2D eigenvalue weighted by atomic mass is 10.2. The first-order valence-electron chi connectivity index (χ1n) is 6.65. The van der Waals surface area contributed by atoms with Gasteiger partial charge in [0.1, 0.15) is 5.75 Å². The van der Waals surface area contributed by atoms with Crippen LogP contribution in [-0.2, 0) is 27.9 Å². The second-order valence-corrected chi connectivity index (χ2v) is 6.12. The molecule has 2 aromatic rings. The van der Waals surface area contributed by atoms with E-state index in [0.717, 1.165) is 11.1 Å². The lowest BCUT2D eigenvalue weighted by Crippen LogP contribution is -2.20. The molecule has 1 unspecified atom stereocenters. The quantitative estimate of drug-likeness (QED) is 0.857. The van der Waals surface area contributed by atoms with Crippen LogP contribution in [0.25, 0.3) is 0 Å². The predicted octanol–water partition coefficient (Wildman–Crippen LogP) is 2.03. The van der Waals surface area contributed by atoms with Gasteiger partial charge in [0, 0.05) is 28.8 Å². The first-order valence-corrected chi connectivity index (χ1v) is 8.14. The fraction of sp³-hybridized carbons (Fsp3) is 0.188. The molecule has 0 aromatic heterocycles. The monoisotopic (exact) mass is 302 g/mol. The third-order valence-corrected chi connectivity index (χ3v) is 4.15. The van der Waals surface area contributed by atoms with Crippen molar-refractivity contribution in [3.63, 3.8) is 0 Å². The van der Waals surface area contributed by atoms with Crippen molar-refractivity contribution in [2.45, 2.75) is 12.3 Å². The van der Waals surface area contributed by atoms with Crippen molar-refractivity contribution in [2.24, 2.45) is 5.73 Å². The summed E-state index contributed by atoms with van der Waals surface area (Å²) < 4.78 is 12.0. The number of hydrogen-bond donors (Lipinski definition) is 2. The Morgan fingerprint density at radius 3 is 2.48 bits per heavy atom. The molecule has 0 saturated carbocycles. The Morgan fingerprint density at radius 1 is 1.05 bits per heavy atom. The molecule has 110 valence electrons. The molecule has 0 aliphatic rings. The molecular formula is C16H18N2O2S. The maximum atomic E-state index is 12.0. The molecule has 3 N–H and O–H groups in total. The van der Waals surface area contributed by atoms with Crippen molar-refractivity contribution >= 4 is 22.4 Å². The summed E-state index contributed by atoms with van der Waals surface area (Å²) in [5, 5.41) is 2.75. The molecule has 1 atom stereocenters. The van der Waals surface area contributed by atoms with Crippen LogP contribution in [0.1, 0.15) is 11.1 Å². The molecule has 0 aliphatic carbocycles. The molecule has 21 heavy (non-hydrogen) atoms. The van der Waals surface area contributed by atoms with Gasteiger partial charge in [-0.3, -0.25) is 9.00 Å².